The fourth-order valence-corrected chi connectivity index (χ4v) is 0.712. The highest BCUT2D eigenvalue weighted by Gasteiger charge is 2.22. The lowest BCUT2D eigenvalue weighted by Gasteiger charge is -2.06. The molecule has 0 aliphatic rings. The Morgan fingerprint density at radius 1 is 1.50 bits per heavy atom. The van der Waals surface area contributed by atoms with Crippen LogP contribution in [-0.4, -0.2) is 30.6 Å². The number of esters is 1. The van der Waals surface area contributed by atoms with E-state index in [0.29, 0.717) is 0 Å². The zero-order valence-corrected chi connectivity index (χ0v) is 8.02. The number of primary amides is 1. The largest absolute Gasteiger partial charge is 0.465 e. The van der Waals surface area contributed by atoms with E-state index in [1.165, 1.54) is 6.92 Å². The highest BCUT2D eigenvalue weighted by atomic mass is 16.5. The number of nitrogens with zero attached hydrogens (tertiary/aromatic N) is 1. The first kappa shape index (κ1) is 12.3. The predicted octanol–water partition coefficient (Wildman–Crippen LogP) is -0.0958. The lowest BCUT2D eigenvalue weighted by Crippen LogP contribution is -2.26. The van der Waals surface area contributed by atoms with Crippen LogP contribution in [0.3, 0.4) is 0 Å². The van der Waals surface area contributed by atoms with Crippen molar-refractivity contribution in [1.29, 1.82) is 0 Å². The van der Waals surface area contributed by atoms with Gasteiger partial charge in [-0.05, 0) is 13.8 Å². The Kier molecular flexibility index (Phi) is 5.13. The molecule has 0 aliphatic carbocycles. The molecule has 0 rings (SSSR count). The smallest absolute Gasteiger partial charge is 0.337 e. The molecule has 6 heteroatoms. The van der Waals surface area contributed by atoms with Crippen molar-refractivity contribution in [3.05, 3.63) is 0 Å². The van der Waals surface area contributed by atoms with Crippen molar-refractivity contribution in [3.8, 4) is 0 Å². The van der Waals surface area contributed by atoms with Crippen molar-refractivity contribution < 1.29 is 19.1 Å². The molecule has 0 aromatic rings. The molecule has 0 spiro atoms. The third-order valence-corrected chi connectivity index (χ3v) is 1.33. The van der Waals surface area contributed by atoms with E-state index >= 15 is 0 Å². The first-order valence-corrected chi connectivity index (χ1v) is 3.99. The molecule has 0 saturated carbocycles. The first-order chi connectivity index (χ1) is 6.49. The van der Waals surface area contributed by atoms with Crippen LogP contribution in [0.5, 0.6) is 0 Å². The second-order valence-electron chi connectivity index (χ2n) is 2.46. The van der Waals surface area contributed by atoms with Gasteiger partial charge in [0.05, 0.1) is 6.61 Å². The van der Waals surface area contributed by atoms with Gasteiger partial charge in [0.2, 0.25) is 0 Å². The van der Waals surface area contributed by atoms with Gasteiger partial charge >= 0.3 is 12.0 Å². The summed E-state index contributed by atoms with van der Waals surface area (Å²) in [5.41, 5.74) is 4.71. The Balaban J connectivity index is 4.52. The fraction of sp³-hybridized carbons (Fsp3) is 0.500. The Morgan fingerprint density at radius 2 is 2.07 bits per heavy atom. The van der Waals surface area contributed by atoms with Gasteiger partial charge in [0.25, 0.3) is 0 Å². The summed E-state index contributed by atoms with van der Waals surface area (Å²) in [7, 11) is 0. The third-order valence-electron chi connectivity index (χ3n) is 1.33. The zero-order valence-electron chi connectivity index (χ0n) is 8.02. The highest BCUT2D eigenvalue weighted by Crippen LogP contribution is 1.99. The minimum Gasteiger partial charge on any atom is -0.465 e. The third kappa shape index (κ3) is 4.34. The van der Waals surface area contributed by atoms with Gasteiger partial charge < -0.3 is 10.5 Å². The minimum absolute atomic E-state index is 0.160. The van der Waals surface area contributed by atoms with E-state index in [9.17, 15) is 14.4 Å². The molecule has 2 N–H and O–H groups in total. The van der Waals surface area contributed by atoms with Gasteiger partial charge in [0.1, 0.15) is 5.78 Å². The fourth-order valence-electron chi connectivity index (χ4n) is 0.712. The van der Waals surface area contributed by atoms with E-state index in [2.05, 4.69) is 9.73 Å². The number of rotatable bonds is 4. The Hall–Kier alpha value is -1.72. The molecule has 0 fully saturated rings. The van der Waals surface area contributed by atoms with Crippen molar-refractivity contribution in [3.63, 3.8) is 0 Å². The van der Waals surface area contributed by atoms with Gasteiger partial charge in [-0.15, -0.1) is 0 Å². The van der Waals surface area contributed by atoms with Crippen LogP contribution in [0, 0.1) is 5.92 Å². The summed E-state index contributed by atoms with van der Waals surface area (Å²) in [6.07, 6.45) is 0.892. The van der Waals surface area contributed by atoms with Crippen LogP contribution in [0.4, 0.5) is 4.79 Å². The van der Waals surface area contributed by atoms with Crippen LogP contribution in [0.1, 0.15) is 13.8 Å². The number of ketones is 1. The monoisotopic (exact) mass is 200 g/mol. The quantitative estimate of drug-likeness (QED) is 0.389. The highest BCUT2D eigenvalue weighted by molar-refractivity contribution is 6.12. The number of hydrogen-bond acceptors (Lipinski definition) is 4. The van der Waals surface area contributed by atoms with E-state index < -0.39 is 23.7 Å². The summed E-state index contributed by atoms with van der Waals surface area (Å²) in [5, 5.41) is 0. The number of carbonyl (C=O) groups is 3. The number of aliphatic imine (C=N–C) groups is 1. The standard InChI is InChI=1S/C8H12N2O4/c1-3-14-7(12)6(5(2)11)4-10-8(9)13/h4,6H,3H2,1-2H3,(H2,9,13)/b10-4+. The molecule has 2 amide bonds. The van der Waals surface area contributed by atoms with Crippen molar-refractivity contribution in [2.24, 2.45) is 16.6 Å². The molecule has 1 atom stereocenters. The van der Waals surface area contributed by atoms with Crippen LogP contribution in [0.25, 0.3) is 0 Å². The molecular weight excluding hydrogens is 188 g/mol. The maximum atomic E-state index is 11.1. The first-order valence-electron chi connectivity index (χ1n) is 3.99. The van der Waals surface area contributed by atoms with Gasteiger partial charge in [-0.1, -0.05) is 0 Å². The molecule has 0 aromatic carbocycles. The van der Waals surface area contributed by atoms with Crippen molar-refractivity contribution in [2.45, 2.75) is 13.8 Å². The maximum absolute atomic E-state index is 11.1. The normalized spacial score (nSPS) is 12.4. The lowest BCUT2D eigenvalue weighted by molar-refractivity contribution is -0.147. The van der Waals surface area contributed by atoms with E-state index in [-0.39, 0.29) is 6.61 Å². The number of urea groups is 1. The van der Waals surface area contributed by atoms with Crippen molar-refractivity contribution in [1.82, 2.24) is 0 Å². The molecule has 0 aromatic heterocycles. The molecule has 0 radical (unpaired) electrons. The van der Waals surface area contributed by atoms with Crippen LogP contribution in [0.15, 0.2) is 4.99 Å². The Bertz CT molecular complexity index is 273. The number of hydrogen-bond donors (Lipinski definition) is 1. The van der Waals surface area contributed by atoms with Crippen LogP contribution >= 0.6 is 0 Å². The lowest BCUT2D eigenvalue weighted by atomic mass is 10.1. The molecule has 0 bridgehead atoms. The zero-order chi connectivity index (χ0) is 11.1. The van der Waals surface area contributed by atoms with Gasteiger partial charge in [0, 0.05) is 6.21 Å². The van der Waals surface area contributed by atoms with Gasteiger partial charge in [-0.2, -0.15) is 0 Å². The Morgan fingerprint density at radius 3 is 2.43 bits per heavy atom. The van der Waals surface area contributed by atoms with E-state index in [1.54, 1.807) is 6.92 Å². The topological polar surface area (TPSA) is 98.8 Å². The molecule has 78 valence electrons. The van der Waals surface area contributed by atoms with E-state index in [1.807, 2.05) is 0 Å². The molecule has 1 unspecified atom stereocenters. The number of ether oxygens (including phenoxy) is 1. The molecule has 0 heterocycles. The molecule has 6 nitrogen and oxygen atoms in total. The van der Waals surface area contributed by atoms with E-state index in [4.69, 9.17) is 5.73 Å². The number of amides is 2. The molecular formula is C8H12N2O4. The number of nitrogens with two attached hydrogens (primary N) is 1. The van der Waals surface area contributed by atoms with Crippen LogP contribution in [-0.2, 0) is 14.3 Å². The van der Waals surface area contributed by atoms with Crippen molar-refractivity contribution >= 4 is 24.0 Å². The maximum Gasteiger partial charge on any atom is 0.337 e. The number of carbonyl (C=O) groups excluding carboxylic acids is 3. The summed E-state index contributed by atoms with van der Waals surface area (Å²) in [5.74, 6) is -2.33. The predicted molar refractivity (Wildman–Crippen MR) is 48.9 cm³/mol. The summed E-state index contributed by atoms with van der Waals surface area (Å²) in [6.45, 7) is 2.97. The van der Waals surface area contributed by atoms with Crippen LogP contribution in [0.2, 0.25) is 0 Å². The summed E-state index contributed by atoms with van der Waals surface area (Å²) >= 11 is 0. The summed E-state index contributed by atoms with van der Waals surface area (Å²) in [6, 6.07) is -0.958. The average molecular weight is 200 g/mol. The van der Waals surface area contributed by atoms with Gasteiger partial charge in [-0.25, -0.2) is 9.79 Å². The minimum atomic E-state index is -1.15. The van der Waals surface area contributed by atoms with Gasteiger partial charge in [-0.3, -0.25) is 9.59 Å². The molecule has 0 aliphatic heterocycles. The van der Waals surface area contributed by atoms with Crippen molar-refractivity contribution in [2.75, 3.05) is 6.61 Å². The summed E-state index contributed by atoms with van der Waals surface area (Å²) in [4.78, 5) is 35.4. The SMILES string of the molecule is CCOC(=O)C(/C=N/C(N)=O)C(C)=O. The summed E-state index contributed by atoms with van der Waals surface area (Å²) < 4.78 is 4.59. The second kappa shape index (κ2) is 5.85. The van der Waals surface area contributed by atoms with Gasteiger partial charge in [0.15, 0.2) is 5.92 Å². The average Bonchev–Trinajstić information content (AvgIpc) is 2.03. The number of Topliss-reactive ketones (excluding diaryl/α,β-unsaturated/α-hetero) is 1. The Labute approximate surface area is 81.1 Å². The van der Waals surface area contributed by atoms with E-state index in [0.717, 1.165) is 6.21 Å². The molecule has 0 saturated heterocycles. The second-order valence-corrected chi connectivity index (χ2v) is 2.46. The molecule has 14 heavy (non-hydrogen) atoms. The van der Waals surface area contributed by atoms with Crippen LogP contribution < -0.4 is 5.73 Å².